The second kappa shape index (κ2) is 9.17. The summed E-state index contributed by atoms with van der Waals surface area (Å²) in [5.74, 6) is -2.08. The molecule has 2 aromatic carbocycles. The minimum Gasteiger partial charge on any atom is -0.475 e. The maximum Gasteiger partial charge on any atom is 0.314 e. The molecular formula is C21H23F2N3O4. The van der Waals surface area contributed by atoms with Gasteiger partial charge < -0.3 is 9.64 Å². The van der Waals surface area contributed by atoms with E-state index in [1.165, 1.54) is 18.2 Å². The van der Waals surface area contributed by atoms with E-state index in [1.54, 1.807) is 17.0 Å². The van der Waals surface area contributed by atoms with Crippen molar-refractivity contribution in [2.45, 2.75) is 32.5 Å². The third-order valence-corrected chi connectivity index (χ3v) is 5.22. The third kappa shape index (κ3) is 4.91. The second-order valence-corrected chi connectivity index (χ2v) is 7.43. The fraction of sp³-hybridized carbons (Fsp3) is 0.381. The number of hydrogen-bond donors (Lipinski definition) is 0. The van der Waals surface area contributed by atoms with Crippen molar-refractivity contribution in [2.24, 2.45) is 0 Å². The number of amides is 1. The molecule has 0 N–H and O–H groups in total. The monoisotopic (exact) mass is 419 g/mol. The molecule has 0 spiro atoms. The lowest BCUT2D eigenvalue weighted by molar-refractivity contribution is -0.386. The van der Waals surface area contributed by atoms with Crippen LogP contribution in [0, 0.1) is 21.7 Å². The van der Waals surface area contributed by atoms with Crippen LogP contribution in [-0.4, -0.2) is 52.4 Å². The summed E-state index contributed by atoms with van der Waals surface area (Å²) < 4.78 is 32.2. The van der Waals surface area contributed by atoms with Gasteiger partial charge in [0.1, 0.15) is 5.82 Å². The first-order chi connectivity index (χ1) is 14.3. The Balaban J connectivity index is 1.62. The molecule has 0 unspecified atom stereocenters. The Kier molecular flexibility index (Phi) is 6.61. The van der Waals surface area contributed by atoms with E-state index in [0.29, 0.717) is 19.6 Å². The largest absolute Gasteiger partial charge is 0.475 e. The van der Waals surface area contributed by atoms with Crippen LogP contribution in [0.2, 0.25) is 0 Å². The smallest absolute Gasteiger partial charge is 0.314 e. The van der Waals surface area contributed by atoms with Gasteiger partial charge in [0.05, 0.1) is 4.92 Å². The third-order valence-electron chi connectivity index (χ3n) is 5.22. The average Bonchev–Trinajstić information content (AvgIpc) is 2.70. The van der Waals surface area contributed by atoms with Crippen LogP contribution in [0.15, 0.2) is 42.5 Å². The van der Waals surface area contributed by atoms with Crippen molar-refractivity contribution in [3.05, 3.63) is 69.8 Å². The first-order valence-corrected chi connectivity index (χ1v) is 9.60. The van der Waals surface area contributed by atoms with Crippen LogP contribution in [0.25, 0.3) is 0 Å². The average molecular weight is 419 g/mol. The van der Waals surface area contributed by atoms with Gasteiger partial charge in [-0.2, -0.15) is 0 Å². The Hall–Kier alpha value is -3.07. The van der Waals surface area contributed by atoms with E-state index < -0.39 is 28.8 Å². The van der Waals surface area contributed by atoms with Gasteiger partial charge in [-0.05, 0) is 37.6 Å². The maximum absolute atomic E-state index is 13.9. The van der Waals surface area contributed by atoms with Crippen LogP contribution >= 0.6 is 0 Å². The number of hydrogen-bond acceptors (Lipinski definition) is 5. The van der Waals surface area contributed by atoms with Gasteiger partial charge in [0.15, 0.2) is 12.4 Å². The number of para-hydroxylation sites is 1. The molecule has 0 radical (unpaired) electrons. The highest BCUT2D eigenvalue weighted by atomic mass is 19.1. The molecule has 160 valence electrons. The van der Waals surface area contributed by atoms with Gasteiger partial charge in [-0.1, -0.05) is 18.2 Å². The molecule has 3 rings (SSSR count). The Morgan fingerprint density at radius 1 is 1.13 bits per heavy atom. The van der Waals surface area contributed by atoms with Crippen LogP contribution in [0.4, 0.5) is 14.5 Å². The highest BCUT2D eigenvalue weighted by Crippen LogP contribution is 2.29. The van der Waals surface area contributed by atoms with Gasteiger partial charge in [0, 0.05) is 37.8 Å². The van der Waals surface area contributed by atoms with Crippen molar-refractivity contribution >= 4 is 11.6 Å². The molecule has 1 amide bonds. The molecule has 1 heterocycles. The molecule has 0 aromatic heterocycles. The molecule has 0 saturated carbocycles. The summed E-state index contributed by atoms with van der Waals surface area (Å²) >= 11 is 0. The molecule has 1 aliphatic rings. The fourth-order valence-electron chi connectivity index (χ4n) is 3.59. The zero-order chi connectivity index (χ0) is 21.8. The van der Waals surface area contributed by atoms with Crippen LogP contribution in [0.3, 0.4) is 0 Å². The number of nitro benzene ring substituents is 1. The first-order valence-electron chi connectivity index (χ1n) is 9.60. The quantitative estimate of drug-likeness (QED) is 0.530. The molecule has 2 aromatic rings. The summed E-state index contributed by atoms with van der Waals surface area (Å²) in [5.41, 5.74) is 0.457. The number of carbonyl (C=O) groups is 1. The molecule has 2 atom stereocenters. The molecule has 0 bridgehead atoms. The Bertz CT molecular complexity index is 923. The van der Waals surface area contributed by atoms with Gasteiger partial charge in [0.2, 0.25) is 5.75 Å². The molecular weight excluding hydrogens is 396 g/mol. The highest BCUT2D eigenvalue weighted by Gasteiger charge is 2.32. The lowest BCUT2D eigenvalue weighted by Crippen LogP contribution is -2.58. The predicted octanol–water partition coefficient (Wildman–Crippen LogP) is 3.37. The van der Waals surface area contributed by atoms with Gasteiger partial charge in [-0.3, -0.25) is 19.8 Å². The Morgan fingerprint density at radius 3 is 2.50 bits per heavy atom. The maximum atomic E-state index is 13.9. The van der Waals surface area contributed by atoms with Crippen LogP contribution < -0.4 is 4.74 Å². The molecule has 7 nitrogen and oxygen atoms in total. The summed E-state index contributed by atoms with van der Waals surface area (Å²) in [7, 11) is 0. The van der Waals surface area contributed by atoms with Crippen molar-refractivity contribution < 1.29 is 23.2 Å². The first kappa shape index (κ1) is 21.6. The standard InChI is InChI=1S/C21H23F2N3O4/c1-14-11-25(15(2)10-24(14)12-16-6-8-17(22)9-7-16)20(27)13-30-21-18(23)4-3-5-19(21)26(28)29/h3-9,14-15H,10-13H2,1-2H3/t14-,15+/m1/s1. The van der Waals surface area contributed by atoms with E-state index in [0.717, 1.165) is 17.7 Å². The van der Waals surface area contributed by atoms with E-state index >= 15 is 0 Å². The molecule has 9 heteroatoms. The van der Waals surface area contributed by atoms with Gasteiger partial charge in [-0.15, -0.1) is 0 Å². The molecule has 1 aliphatic heterocycles. The molecule has 30 heavy (non-hydrogen) atoms. The van der Waals surface area contributed by atoms with Gasteiger partial charge in [0.25, 0.3) is 5.91 Å². The van der Waals surface area contributed by atoms with Crippen molar-refractivity contribution in [1.82, 2.24) is 9.80 Å². The molecule has 1 fully saturated rings. The van der Waals surface area contributed by atoms with Crippen LogP contribution in [-0.2, 0) is 11.3 Å². The fourth-order valence-corrected chi connectivity index (χ4v) is 3.59. The minimum atomic E-state index is -0.887. The summed E-state index contributed by atoms with van der Waals surface area (Å²) in [6, 6.07) is 9.61. The van der Waals surface area contributed by atoms with Gasteiger partial charge >= 0.3 is 5.69 Å². The highest BCUT2D eigenvalue weighted by molar-refractivity contribution is 5.78. The number of carbonyl (C=O) groups excluding carboxylic acids is 1. The Morgan fingerprint density at radius 2 is 1.83 bits per heavy atom. The number of halogens is 2. The lowest BCUT2D eigenvalue weighted by atomic mass is 10.1. The topological polar surface area (TPSA) is 75.9 Å². The zero-order valence-electron chi connectivity index (χ0n) is 16.8. The van der Waals surface area contributed by atoms with Crippen LogP contribution in [0.5, 0.6) is 5.75 Å². The number of ether oxygens (including phenoxy) is 1. The van der Waals surface area contributed by atoms with E-state index in [-0.39, 0.29) is 23.8 Å². The SMILES string of the molecule is C[C@@H]1CN(C(=O)COc2c(F)cccc2[N+](=O)[O-])[C@@H](C)CN1Cc1ccc(F)cc1. The minimum absolute atomic E-state index is 0.0398. The van der Waals surface area contributed by atoms with Crippen molar-refractivity contribution in [3.8, 4) is 5.75 Å². The van der Waals surface area contributed by atoms with E-state index in [2.05, 4.69) is 4.90 Å². The number of piperazine rings is 1. The van der Waals surface area contributed by atoms with Crippen LogP contribution in [0.1, 0.15) is 19.4 Å². The van der Waals surface area contributed by atoms with Crippen molar-refractivity contribution in [2.75, 3.05) is 19.7 Å². The van der Waals surface area contributed by atoms with E-state index in [9.17, 15) is 23.7 Å². The number of rotatable bonds is 6. The van der Waals surface area contributed by atoms with E-state index in [4.69, 9.17) is 4.74 Å². The van der Waals surface area contributed by atoms with Crippen molar-refractivity contribution in [1.29, 1.82) is 0 Å². The molecule has 0 aliphatic carbocycles. The zero-order valence-corrected chi connectivity index (χ0v) is 16.8. The summed E-state index contributed by atoms with van der Waals surface area (Å²) in [6.45, 7) is 5.06. The second-order valence-electron chi connectivity index (χ2n) is 7.43. The number of nitro groups is 1. The van der Waals surface area contributed by atoms with Gasteiger partial charge in [-0.25, -0.2) is 8.78 Å². The van der Waals surface area contributed by atoms with Crippen molar-refractivity contribution in [3.63, 3.8) is 0 Å². The number of nitrogens with zero attached hydrogens (tertiary/aromatic N) is 3. The summed E-state index contributed by atoms with van der Waals surface area (Å²) in [4.78, 5) is 26.8. The normalized spacial score (nSPS) is 19.5. The molecule has 1 saturated heterocycles. The predicted molar refractivity (Wildman–Crippen MR) is 106 cm³/mol. The Labute approximate surface area is 173 Å². The van der Waals surface area contributed by atoms with E-state index in [1.807, 2.05) is 13.8 Å². The number of benzene rings is 2. The lowest BCUT2D eigenvalue weighted by Gasteiger charge is -2.44. The summed E-state index contributed by atoms with van der Waals surface area (Å²) in [5, 5.41) is 11.1. The summed E-state index contributed by atoms with van der Waals surface area (Å²) in [6.07, 6.45) is 0.